The molecule has 1 N–H and O–H groups in total. The Kier molecular flexibility index (Phi) is 5.74. The molecule has 7 nitrogen and oxygen atoms in total. The Balaban J connectivity index is 1.78. The number of aryl methyl sites for hydroxylation is 2. The maximum atomic E-state index is 12.7. The molecule has 1 unspecified atom stereocenters. The summed E-state index contributed by atoms with van der Waals surface area (Å²) < 4.78 is 8.72. The highest BCUT2D eigenvalue weighted by molar-refractivity contribution is 6.31. The number of carbonyl (C=O) groups is 1. The summed E-state index contributed by atoms with van der Waals surface area (Å²) in [6.07, 6.45) is 1.66. The Morgan fingerprint density at radius 1 is 1.25 bits per heavy atom. The number of hydrogen-bond acceptors (Lipinski definition) is 4. The standard InChI is InChI=1S/C20H24ClN5O2/c1-12-18(21)11-26(23-12)15(4)20(27)22-19-13(2)24-25(14(19)3)10-16-7-6-8-17(9-16)28-5/h6-9,11,15H,10H2,1-5H3,(H,22,27). The summed E-state index contributed by atoms with van der Waals surface area (Å²) in [6, 6.07) is 7.35. The van der Waals surface area contributed by atoms with Gasteiger partial charge in [-0.2, -0.15) is 10.2 Å². The van der Waals surface area contributed by atoms with E-state index in [0.29, 0.717) is 17.3 Å². The van der Waals surface area contributed by atoms with Crippen LogP contribution in [-0.4, -0.2) is 32.6 Å². The minimum Gasteiger partial charge on any atom is -0.497 e. The molecule has 0 bridgehead atoms. The molecule has 28 heavy (non-hydrogen) atoms. The van der Waals surface area contributed by atoms with E-state index in [4.69, 9.17) is 16.3 Å². The molecule has 0 aliphatic heterocycles. The van der Waals surface area contributed by atoms with Gasteiger partial charge in [0, 0.05) is 6.20 Å². The summed E-state index contributed by atoms with van der Waals surface area (Å²) in [6.45, 7) is 7.99. The number of amides is 1. The molecular formula is C20H24ClN5O2. The van der Waals surface area contributed by atoms with Crippen LogP contribution in [0.4, 0.5) is 5.69 Å². The van der Waals surface area contributed by atoms with E-state index in [-0.39, 0.29) is 5.91 Å². The number of rotatable bonds is 6. The van der Waals surface area contributed by atoms with Gasteiger partial charge in [-0.3, -0.25) is 14.2 Å². The summed E-state index contributed by atoms with van der Waals surface area (Å²) >= 11 is 6.05. The SMILES string of the molecule is COc1cccc(Cn2nc(C)c(NC(=O)C(C)n3cc(Cl)c(C)n3)c2C)c1. The zero-order valence-electron chi connectivity index (χ0n) is 16.7. The average molecular weight is 402 g/mol. The minimum atomic E-state index is -0.494. The molecule has 148 valence electrons. The molecule has 0 aliphatic carbocycles. The number of nitrogens with one attached hydrogen (secondary N) is 1. The number of carbonyl (C=O) groups excluding carboxylic acids is 1. The molecule has 3 aromatic rings. The quantitative estimate of drug-likeness (QED) is 0.679. The lowest BCUT2D eigenvalue weighted by atomic mass is 10.2. The molecule has 0 radical (unpaired) electrons. The van der Waals surface area contributed by atoms with Gasteiger partial charge in [0.25, 0.3) is 0 Å². The molecule has 2 heterocycles. The number of methoxy groups -OCH3 is 1. The van der Waals surface area contributed by atoms with E-state index >= 15 is 0 Å². The highest BCUT2D eigenvalue weighted by Crippen LogP contribution is 2.23. The lowest BCUT2D eigenvalue weighted by Gasteiger charge is -2.13. The lowest BCUT2D eigenvalue weighted by Crippen LogP contribution is -2.24. The fourth-order valence-electron chi connectivity index (χ4n) is 2.98. The summed E-state index contributed by atoms with van der Waals surface area (Å²) in [5.74, 6) is 0.626. The van der Waals surface area contributed by atoms with Gasteiger partial charge >= 0.3 is 0 Å². The minimum absolute atomic E-state index is 0.175. The van der Waals surface area contributed by atoms with Crippen LogP contribution >= 0.6 is 11.6 Å². The number of nitrogens with zero attached hydrogens (tertiary/aromatic N) is 4. The first-order valence-electron chi connectivity index (χ1n) is 8.99. The van der Waals surface area contributed by atoms with E-state index in [9.17, 15) is 4.79 Å². The average Bonchev–Trinajstić information content (AvgIpc) is 3.14. The van der Waals surface area contributed by atoms with E-state index in [2.05, 4.69) is 15.5 Å². The summed E-state index contributed by atoms with van der Waals surface area (Å²) in [4.78, 5) is 12.7. The Bertz CT molecular complexity index is 989. The van der Waals surface area contributed by atoms with Crippen molar-refractivity contribution in [1.29, 1.82) is 0 Å². The van der Waals surface area contributed by atoms with Gasteiger partial charge in [-0.1, -0.05) is 23.7 Å². The Morgan fingerprint density at radius 3 is 2.64 bits per heavy atom. The predicted molar refractivity (Wildman–Crippen MR) is 109 cm³/mol. The second-order valence-electron chi connectivity index (χ2n) is 6.76. The number of ether oxygens (including phenoxy) is 1. The zero-order chi connectivity index (χ0) is 20.4. The van der Waals surface area contributed by atoms with Crippen LogP contribution in [0.3, 0.4) is 0 Å². The smallest absolute Gasteiger partial charge is 0.249 e. The number of benzene rings is 1. The van der Waals surface area contributed by atoms with Crippen molar-refractivity contribution in [1.82, 2.24) is 19.6 Å². The molecule has 8 heteroatoms. The molecule has 3 rings (SSSR count). The molecule has 1 amide bonds. The second-order valence-corrected chi connectivity index (χ2v) is 7.17. The van der Waals surface area contributed by atoms with E-state index in [1.807, 2.05) is 42.8 Å². The summed E-state index contributed by atoms with van der Waals surface area (Å²) in [7, 11) is 1.64. The Hall–Kier alpha value is -2.80. The fraction of sp³-hybridized carbons (Fsp3) is 0.350. The van der Waals surface area contributed by atoms with Crippen LogP contribution in [0.25, 0.3) is 0 Å². The Labute approximate surface area is 169 Å². The van der Waals surface area contributed by atoms with E-state index in [1.54, 1.807) is 31.8 Å². The van der Waals surface area contributed by atoms with Crippen LogP contribution in [-0.2, 0) is 11.3 Å². The number of halogens is 1. The first-order valence-corrected chi connectivity index (χ1v) is 9.37. The van der Waals surface area contributed by atoms with Gasteiger partial charge in [0.2, 0.25) is 5.91 Å². The zero-order valence-corrected chi connectivity index (χ0v) is 17.4. The third kappa shape index (κ3) is 4.04. The van der Waals surface area contributed by atoms with Crippen molar-refractivity contribution in [3.63, 3.8) is 0 Å². The van der Waals surface area contributed by atoms with E-state index in [0.717, 1.165) is 28.4 Å². The maximum absolute atomic E-state index is 12.7. The van der Waals surface area contributed by atoms with Gasteiger partial charge in [0.05, 0.1) is 41.4 Å². The topological polar surface area (TPSA) is 74.0 Å². The number of hydrogen-bond donors (Lipinski definition) is 1. The molecule has 0 saturated heterocycles. The van der Waals surface area contributed by atoms with Gasteiger partial charge < -0.3 is 10.1 Å². The van der Waals surface area contributed by atoms with Crippen molar-refractivity contribution in [3.8, 4) is 5.75 Å². The van der Waals surface area contributed by atoms with E-state index < -0.39 is 6.04 Å². The summed E-state index contributed by atoms with van der Waals surface area (Å²) in [5.41, 5.74) is 4.12. The highest BCUT2D eigenvalue weighted by atomic mass is 35.5. The second kappa shape index (κ2) is 8.06. The van der Waals surface area contributed by atoms with Crippen LogP contribution < -0.4 is 10.1 Å². The normalized spacial score (nSPS) is 12.1. The predicted octanol–water partition coefficient (Wildman–Crippen LogP) is 3.91. The summed E-state index contributed by atoms with van der Waals surface area (Å²) in [5, 5.41) is 12.4. The van der Waals surface area contributed by atoms with Gasteiger partial charge in [-0.05, 0) is 45.4 Å². The molecule has 0 spiro atoms. The Morgan fingerprint density at radius 2 is 2.00 bits per heavy atom. The molecule has 0 saturated carbocycles. The monoisotopic (exact) mass is 401 g/mol. The van der Waals surface area contributed by atoms with Gasteiger partial charge in [0.15, 0.2) is 0 Å². The first-order chi connectivity index (χ1) is 13.3. The van der Waals surface area contributed by atoms with Gasteiger partial charge in [-0.15, -0.1) is 0 Å². The van der Waals surface area contributed by atoms with Crippen molar-refractivity contribution in [3.05, 3.63) is 58.1 Å². The molecule has 1 atom stereocenters. The molecule has 2 aromatic heterocycles. The van der Waals surface area contributed by atoms with Crippen LogP contribution in [0, 0.1) is 20.8 Å². The lowest BCUT2D eigenvalue weighted by molar-refractivity contribution is -0.119. The molecule has 0 fully saturated rings. The highest BCUT2D eigenvalue weighted by Gasteiger charge is 2.21. The number of aromatic nitrogens is 4. The van der Waals surface area contributed by atoms with Crippen molar-refractivity contribution in [2.24, 2.45) is 0 Å². The van der Waals surface area contributed by atoms with Crippen LogP contribution in [0.5, 0.6) is 5.75 Å². The third-order valence-electron chi connectivity index (χ3n) is 4.73. The molecular weight excluding hydrogens is 378 g/mol. The van der Waals surface area contributed by atoms with Crippen molar-refractivity contribution < 1.29 is 9.53 Å². The molecule has 0 aliphatic rings. The van der Waals surface area contributed by atoms with E-state index in [1.165, 1.54) is 0 Å². The van der Waals surface area contributed by atoms with Crippen molar-refractivity contribution in [2.45, 2.75) is 40.3 Å². The van der Waals surface area contributed by atoms with Crippen LogP contribution in [0.15, 0.2) is 30.5 Å². The first kappa shape index (κ1) is 19.9. The van der Waals surface area contributed by atoms with Crippen LogP contribution in [0.1, 0.15) is 35.6 Å². The molecule has 1 aromatic carbocycles. The van der Waals surface area contributed by atoms with Crippen molar-refractivity contribution in [2.75, 3.05) is 12.4 Å². The largest absolute Gasteiger partial charge is 0.497 e. The van der Waals surface area contributed by atoms with Crippen LogP contribution in [0.2, 0.25) is 5.02 Å². The van der Waals surface area contributed by atoms with Gasteiger partial charge in [-0.25, -0.2) is 0 Å². The fourth-order valence-corrected chi connectivity index (χ4v) is 3.12. The number of anilines is 1. The third-order valence-corrected chi connectivity index (χ3v) is 5.10. The van der Waals surface area contributed by atoms with Crippen molar-refractivity contribution >= 4 is 23.2 Å². The van der Waals surface area contributed by atoms with Gasteiger partial charge in [0.1, 0.15) is 11.8 Å². The maximum Gasteiger partial charge on any atom is 0.249 e.